The maximum Gasteiger partial charge on any atom is 0.283 e. The van der Waals surface area contributed by atoms with Gasteiger partial charge in [-0.1, -0.05) is 84.6 Å². The summed E-state index contributed by atoms with van der Waals surface area (Å²) in [6.07, 6.45) is 1.63. The number of carbonyl (C=O) groups is 1. The van der Waals surface area contributed by atoms with Crippen molar-refractivity contribution in [3.8, 4) is 5.75 Å². The molecule has 1 unspecified atom stereocenters. The molecular formula is C27H21N3O2S. The number of rotatable bonds is 5. The van der Waals surface area contributed by atoms with Crippen molar-refractivity contribution in [2.24, 2.45) is 4.99 Å². The van der Waals surface area contributed by atoms with E-state index in [1.165, 1.54) is 11.8 Å². The van der Waals surface area contributed by atoms with E-state index in [4.69, 9.17) is 10.1 Å². The van der Waals surface area contributed by atoms with Gasteiger partial charge >= 0.3 is 0 Å². The van der Waals surface area contributed by atoms with Crippen LogP contribution in [0.4, 0.5) is 0 Å². The Morgan fingerprint density at radius 3 is 2.33 bits per heavy atom. The van der Waals surface area contributed by atoms with Gasteiger partial charge in [0.15, 0.2) is 5.17 Å². The van der Waals surface area contributed by atoms with E-state index < -0.39 is 5.91 Å². The average Bonchev–Trinajstić information content (AvgIpc) is 3.28. The van der Waals surface area contributed by atoms with Crippen molar-refractivity contribution in [1.29, 1.82) is 5.41 Å². The van der Waals surface area contributed by atoms with Crippen molar-refractivity contribution in [1.82, 2.24) is 4.90 Å². The van der Waals surface area contributed by atoms with Crippen molar-refractivity contribution in [2.45, 2.75) is 13.0 Å². The zero-order valence-electron chi connectivity index (χ0n) is 17.9. The third-order valence-electron chi connectivity index (χ3n) is 5.46. The number of amides is 1. The Kier molecular flexibility index (Phi) is 5.67. The zero-order chi connectivity index (χ0) is 22.8. The number of aliphatic imine (C=N–C) groups is 1. The van der Waals surface area contributed by atoms with E-state index in [2.05, 4.69) is 4.99 Å². The van der Waals surface area contributed by atoms with Crippen LogP contribution < -0.4 is 4.74 Å². The Bertz CT molecular complexity index is 1300. The lowest BCUT2D eigenvalue weighted by molar-refractivity contribution is -0.114. The summed E-state index contributed by atoms with van der Waals surface area (Å²) >= 11 is 1.36. The second kappa shape index (κ2) is 8.92. The number of hydrogen-bond donors (Lipinski definition) is 1. The Balaban J connectivity index is 1.36. The molecular weight excluding hydrogens is 430 g/mol. The molecule has 33 heavy (non-hydrogen) atoms. The number of amidine groups is 2. The summed E-state index contributed by atoms with van der Waals surface area (Å²) in [7, 11) is 0. The molecule has 1 atom stereocenters. The number of nitrogens with zero attached hydrogens (tertiary/aromatic N) is 2. The highest BCUT2D eigenvalue weighted by molar-refractivity contribution is 8.17. The van der Waals surface area contributed by atoms with Crippen LogP contribution in [0.1, 0.15) is 29.7 Å². The number of nitrogens with one attached hydrogen (secondary N) is 1. The zero-order valence-corrected chi connectivity index (χ0v) is 18.8. The summed E-state index contributed by atoms with van der Waals surface area (Å²) in [5, 5.41) is 11.2. The molecule has 0 radical (unpaired) electrons. The van der Waals surface area contributed by atoms with Gasteiger partial charge in [0, 0.05) is 5.41 Å². The van der Waals surface area contributed by atoms with Crippen LogP contribution in [0.5, 0.6) is 5.75 Å². The first-order valence-electron chi connectivity index (χ1n) is 10.6. The largest absolute Gasteiger partial charge is 0.486 e. The van der Waals surface area contributed by atoms with Crippen LogP contribution in [0.15, 0.2) is 101 Å². The second-order valence-corrected chi connectivity index (χ2v) is 8.50. The Labute approximate surface area is 196 Å². The van der Waals surface area contributed by atoms with Gasteiger partial charge in [-0.3, -0.25) is 15.1 Å². The maximum atomic E-state index is 12.7. The van der Waals surface area contributed by atoms with E-state index in [9.17, 15) is 4.79 Å². The highest BCUT2D eigenvalue weighted by atomic mass is 32.2. The van der Waals surface area contributed by atoms with Crippen molar-refractivity contribution in [3.63, 3.8) is 0 Å². The molecule has 3 aromatic carbocycles. The van der Waals surface area contributed by atoms with Crippen LogP contribution >= 0.6 is 11.8 Å². The van der Waals surface area contributed by atoms with Crippen molar-refractivity contribution >= 4 is 40.4 Å². The van der Waals surface area contributed by atoms with Crippen molar-refractivity contribution in [2.75, 3.05) is 0 Å². The van der Waals surface area contributed by atoms with E-state index in [0.717, 1.165) is 28.1 Å². The molecule has 0 spiro atoms. The van der Waals surface area contributed by atoms with Gasteiger partial charge in [0.1, 0.15) is 17.7 Å². The molecule has 1 amide bonds. The number of benzene rings is 3. The van der Waals surface area contributed by atoms with Crippen LogP contribution in [0.2, 0.25) is 0 Å². The van der Waals surface area contributed by atoms with E-state index >= 15 is 0 Å². The van der Waals surface area contributed by atoms with Gasteiger partial charge in [0.25, 0.3) is 5.91 Å². The maximum absolute atomic E-state index is 12.7. The van der Waals surface area contributed by atoms with Gasteiger partial charge in [-0.2, -0.15) is 4.99 Å². The molecule has 0 fully saturated rings. The van der Waals surface area contributed by atoms with E-state index in [-0.39, 0.29) is 17.5 Å². The Morgan fingerprint density at radius 2 is 1.64 bits per heavy atom. The average molecular weight is 452 g/mol. The Morgan fingerprint density at radius 1 is 0.970 bits per heavy atom. The standard InChI is InChI=1S/C27H21N3O2S/c1-18(20-8-4-2-5-9-20)32-22-14-12-19(13-15-22)16-23-25(28)30-24(21-10-6-3-7-11-21)17-33-27(30)29-26(23)31/h2-18,28H,1H3. The topological polar surface area (TPSA) is 65.8 Å². The first kappa shape index (κ1) is 21.0. The predicted octanol–water partition coefficient (Wildman–Crippen LogP) is 6.13. The van der Waals surface area contributed by atoms with Gasteiger partial charge in [0.2, 0.25) is 0 Å². The van der Waals surface area contributed by atoms with Gasteiger partial charge in [-0.05, 0) is 41.8 Å². The molecule has 0 saturated carbocycles. The van der Waals surface area contributed by atoms with E-state index in [1.807, 2.05) is 97.3 Å². The molecule has 0 bridgehead atoms. The number of thioether (sulfide) groups is 1. The molecule has 3 aromatic rings. The third kappa shape index (κ3) is 4.25. The first-order valence-corrected chi connectivity index (χ1v) is 11.5. The minimum atomic E-state index is -0.403. The number of hydrogen-bond acceptors (Lipinski definition) is 4. The van der Waals surface area contributed by atoms with Crippen LogP contribution in [0, 0.1) is 5.41 Å². The summed E-state index contributed by atoms with van der Waals surface area (Å²) in [5.74, 6) is 0.465. The van der Waals surface area contributed by atoms with Crippen molar-refractivity contribution in [3.05, 3.63) is 113 Å². The van der Waals surface area contributed by atoms with Gasteiger partial charge in [-0.15, -0.1) is 0 Å². The first-order chi connectivity index (χ1) is 16.1. The fourth-order valence-corrected chi connectivity index (χ4v) is 4.61. The van der Waals surface area contributed by atoms with E-state index in [0.29, 0.717) is 5.17 Å². The smallest absolute Gasteiger partial charge is 0.283 e. The lowest BCUT2D eigenvalue weighted by Crippen LogP contribution is -2.38. The fourth-order valence-electron chi connectivity index (χ4n) is 3.72. The minimum Gasteiger partial charge on any atom is -0.486 e. The second-order valence-electron chi connectivity index (χ2n) is 7.67. The summed E-state index contributed by atoms with van der Waals surface area (Å²) < 4.78 is 6.04. The lowest BCUT2D eigenvalue weighted by Gasteiger charge is -2.26. The molecule has 0 saturated heterocycles. The Hall–Kier alpha value is -3.90. The monoisotopic (exact) mass is 451 g/mol. The summed E-state index contributed by atoms with van der Waals surface area (Å²) in [5.41, 5.74) is 3.99. The van der Waals surface area contributed by atoms with Gasteiger partial charge in [-0.25, -0.2) is 0 Å². The SMILES string of the molecule is CC(Oc1ccc(C=C2C(=N)N3C(c4ccccc4)=CSC3=NC2=O)cc1)c1ccccc1. The minimum absolute atomic E-state index is 0.0767. The molecule has 1 N–H and O–H groups in total. The molecule has 2 heterocycles. The number of ether oxygens (including phenoxy) is 1. The van der Waals surface area contributed by atoms with Crippen LogP contribution in [0.25, 0.3) is 11.8 Å². The molecule has 6 heteroatoms. The van der Waals surface area contributed by atoms with E-state index in [1.54, 1.807) is 11.0 Å². The quantitative estimate of drug-likeness (QED) is 0.474. The van der Waals surface area contributed by atoms with Gasteiger partial charge in [0.05, 0.1) is 11.3 Å². The highest BCUT2D eigenvalue weighted by Gasteiger charge is 2.36. The summed E-state index contributed by atoms with van der Waals surface area (Å²) in [6.45, 7) is 2.01. The molecule has 2 aliphatic heterocycles. The lowest BCUT2D eigenvalue weighted by atomic mass is 10.1. The van der Waals surface area contributed by atoms with Crippen LogP contribution in [-0.2, 0) is 4.79 Å². The van der Waals surface area contributed by atoms with Crippen molar-refractivity contribution < 1.29 is 9.53 Å². The highest BCUT2D eigenvalue weighted by Crippen LogP contribution is 2.37. The predicted molar refractivity (Wildman–Crippen MR) is 134 cm³/mol. The summed E-state index contributed by atoms with van der Waals surface area (Å²) in [6, 6.07) is 27.4. The molecule has 2 aliphatic rings. The molecule has 0 aliphatic carbocycles. The summed E-state index contributed by atoms with van der Waals surface area (Å²) in [4.78, 5) is 18.6. The van der Waals surface area contributed by atoms with Crippen LogP contribution in [0.3, 0.4) is 0 Å². The van der Waals surface area contributed by atoms with Gasteiger partial charge < -0.3 is 4.74 Å². The molecule has 162 valence electrons. The number of carbonyl (C=O) groups excluding carboxylic acids is 1. The fraction of sp³-hybridized carbons (Fsp3) is 0.0741. The van der Waals surface area contributed by atoms with Crippen LogP contribution in [-0.4, -0.2) is 21.8 Å². The normalized spacial score (nSPS) is 17.5. The molecule has 5 rings (SSSR count). The third-order valence-corrected chi connectivity index (χ3v) is 6.28. The number of fused-ring (bicyclic) bond motifs is 1. The molecule has 5 nitrogen and oxygen atoms in total. The molecule has 0 aromatic heterocycles.